The van der Waals surface area contributed by atoms with Gasteiger partial charge in [0.2, 0.25) is 15.9 Å². The number of hydrogen-bond donors (Lipinski definition) is 0. The van der Waals surface area contributed by atoms with E-state index in [1.54, 1.807) is 31.8 Å². The third-order valence-electron chi connectivity index (χ3n) is 5.11. The third-order valence-corrected chi connectivity index (χ3v) is 7.14. The second kappa shape index (κ2) is 9.92. The van der Waals surface area contributed by atoms with Gasteiger partial charge in [-0.3, -0.25) is 9.59 Å². The van der Waals surface area contributed by atoms with Crippen molar-refractivity contribution in [2.45, 2.75) is 31.8 Å². The van der Waals surface area contributed by atoms with Crippen molar-refractivity contribution in [2.24, 2.45) is 0 Å². The molecule has 3 rings (SSSR count). The van der Waals surface area contributed by atoms with Crippen molar-refractivity contribution in [1.82, 2.24) is 23.6 Å². The normalized spacial score (nSPS) is 11.6. The van der Waals surface area contributed by atoms with Gasteiger partial charge in [0.25, 0.3) is 5.56 Å². The first-order chi connectivity index (χ1) is 15.3. The number of hydrogen-bond acceptors (Lipinski definition) is 5. The summed E-state index contributed by atoms with van der Waals surface area (Å²) < 4.78 is 29.6. The van der Waals surface area contributed by atoms with E-state index < -0.39 is 15.6 Å². The first kappa shape index (κ1) is 23.4. The van der Waals surface area contributed by atoms with Gasteiger partial charge in [0.1, 0.15) is 6.54 Å². The van der Waals surface area contributed by atoms with Gasteiger partial charge >= 0.3 is 0 Å². The van der Waals surface area contributed by atoms with Gasteiger partial charge in [-0.1, -0.05) is 32.0 Å². The third kappa shape index (κ3) is 5.14. The largest absolute Gasteiger partial charge is 0.340 e. The van der Waals surface area contributed by atoms with E-state index in [0.717, 1.165) is 15.8 Å². The fourth-order valence-corrected chi connectivity index (χ4v) is 4.77. The van der Waals surface area contributed by atoms with Gasteiger partial charge in [-0.2, -0.15) is 9.40 Å². The molecule has 1 amide bonds. The smallest absolute Gasteiger partial charge is 0.251 e. The molecule has 10 heteroatoms. The van der Waals surface area contributed by atoms with Crippen LogP contribution in [0.4, 0.5) is 0 Å². The molecular weight excluding hydrogens is 430 g/mol. The lowest BCUT2D eigenvalue weighted by Gasteiger charge is -2.20. The monoisotopic (exact) mass is 457 g/mol. The van der Waals surface area contributed by atoms with Gasteiger partial charge in [-0.25, -0.2) is 13.1 Å². The highest BCUT2D eigenvalue weighted by Crippen LogP contribution is 2.14. The van der Waals surface area contributed by atoms with E-state index >= 15 is 0 Å². The van der Waals surface area contributed by atoms with Crippen LogP contribution in [0.2, 0.25) is 0 Å². The number of pyridine rings is 1. The number of rotatable bonds is 9. The standard InChI is InChI=1S/C22H27N5O4S/c1-4-26(5-2)32(30,31)20-11-12-21(28)25(16-20)17-22(29)24(3)14-18-13-23-27(15-18)19-9-7-6-8-10-19/h6-13,15-16H,4-5,14,17H2,1-3H3. The zero-order valence-corrected chi connectivity index (χ0v) is 19.2. The molecule has 0 aliphatic heterocycles. The van der Waals surface area contributed by atoms with E-state index in [1.807, 2.05) is 36.5 Å². The average Bonchev–Trinajstić information content (AvgIpc) is 3.24. The molecule has 0 radical (unpaired) electrons. The molecule has 0 saturated heterocycles. The average molecular weight is 458 g/mol. The quantitative estimate of drug-likeness (QED) is 0.487. The van der Waals surface area contributed by atoms with Crippen LogP contribution in [0.1, 0.15) is 19.4 Å². The molecule has 2 aromatic heterocycles. The minimum absolute atomic E-state index is 0.0135. The summed E-state index contributed by atoms with van der Waals surface area (Å²) in [6, 6.07) is 12.1. The highest BCUT2D eigenvalue weighted by atomic mass is 32.2. The molecule has 170 valence electrons. The molecule has 0 spiro atoms. The molecular formula is C22H27N5O4S. The van der Waals surface area contributed by atoms with Crippen LogP contribution in [-0.2, 0) is 27.9 Å². The Hall–Kier alpha value is -3.24. The maximum Gasteiger partial charge on any atom is 0.251 e. The zero-order chi connectivity index (χ0) is 23.3. The molecule has 0 unspecified atom stereocenters. The number of carbonyl (C=O) groups is 1. The molecule has 32 heavy (non-hydrogen) atoms. The van der Waals surface area contributed by atoms with Crippen molar-refractivity contribution in [3.63, 3.8) is 0 Å². The van der Waals surface area contributed by atoms with Crippen LogP contribution in [0.5, 0.6) is 0 Å². The number of nitrogens with zero attached hydrogens (tertiary/aromatic N) is 5. The Labute approximate surface area is 187 Å². The molecule has 1 aromatic carbocycles. The Morgan fingerprint density at radius 3 is 2.38 bits per heavy atom. The lowest BCUT2D eigenvalue weighted by atomic mass is 10.3. The first-order valence-corrected chi connectivity index (χ1v) is 11.7. The molecule has 0 saturated carbocycles. The van der Waals surface area contributed by atoms with E-state index in [4.69, 9.17) is 0 Å². The van der Waals surface area contributed by atoms with Gasteiger partial charge in [0.05, 0.1) is 16.8 Å². The SMILES string of the molecule is CCN(CC)S(=O)(=O)c1ccc(=O)n(CC(=O)N(C)Cc2cnn(-c3ccccc3)c2)c1. The van der Waals surface area contributed by atoms with Gasteiger partial charge in [0, 0.05) is 50.7 Å². The Morgan fingerprint density at radius 1 is 1.03 bits per heavy atom. The molecule has 0 aliphatic carbocycles. The van der Waals surface area contributed by atoms with Gasteiger partial charge in [0.15, 0.2) is 0 Å². The molecule has 9 nitrogen and oxygen atoms in total. The Balaban J connectivity index is 1.73. The van der Waals surface area contributed by atoms with Crippen LogP contribution in [0, 0.1) is 0 Å². The van der Waals surface area contributed by atoms with Gasteiger partial charge in [-0.05, 0) is 18.2 Å². The lowest BCUT2D eigenvalue weighted by Crippen LogP contribution is -2.35. The number of amides is 1. The first-order valence-electron chi connectivity index (χ1n) is 10.3. The van der Waals surface area contributed by atoms with E-state index in [9.17, 15) is 18.0 Å². The summed E-state index contributed by atoms with van der Waals surface area (Å²) in [6.07, 6.45) is 4.75. The van der Waals surface area contributed by atoms with E-state index in [0.29, 0.717) is 19.6 Å². The predicted molar refractivity (Wildman–Crippen MR) is 121 cm³/mol. The fourth-order valence-electron chi connectivity index (χ4n) is 3.29. The Bertz CT molecular complexity index is 1230. The van der Waals surface area contributed by atoms with E-state index in [1.165, 1.54) is 27.5 Å². The summed E-state index contributed by atoms with van der Waals surface area (Å²) in [5.74, 6) is -0.322. The summed E-state index contributed by atoms with van der Waals surface area (Å²) in [6.45, 7) is 4.17. The second-order valence-corrected chi connectivity index (χ2v) is 9.24. The van der Waals surface area contributed by atoms with Crippen molar-refractivity contribution < 1.29 is 13.2 Å². The van der Waals surface area contributed by atoms with Crippen molar-refractivity contribution >= 4 is 15.9 Å². The molecule has 0 fully saturated rings. The zero-order valence-electron chi connectivity index (χ0n) is 18.4. The van der Waals surface area contributed by atoms with Gasteiger partial charge < -0.3 is 9.47 Å². The Morgan fingerprint density at radius 2 is 1.72 bits per heavy atom. The van der Waals surface area contributed by atoms with Crippen LogP contribution >= 0.6 is 0 Å². The second-order valence-electron chi connectivity index (χ2n) is 7.30. The summed E-state index contributed by atoms with van der Waals surface area (Å²) >= 11 is 0. The molecule has 0 aliphatic rings. The number of aromatic nitrogens is 3. The molecule has 0 N–H and O–H groups in total. The molecule has 2 heterocycles. The predicted octanol–water partition coefficient (Wildman–Crippen LogP) is 1.72. The van der Waals surface area contributed by atoms with Crippen LogP contribution in [0.3, 0.4) is 0 Å². The topological polar surface area (TPSA) is 97.5 Å². The highest BCUT2D eigenvalue weighted by Gasteiger charge is 2.23. The number of para-hydroxylation sites is 1. The van der Waals surface area contributed by atoms with Crippen LogP contribution < -0.4 is 5.56 Å². The molecule has 0 bridgehead atoms. The number of benzene rings is 1. The molecule has 3 aromatic rings. The summed E-state index contributed by atoms with van der Waals surface area (Å²) in [5, 5.41) is 4.32. The lowest BCUT2D eigenvalue weighted by molar-refractivity contribution is -0.131. The van der Waals surface area contributed by atoms with Gasteiger partial charge in [-0.15, -0.1) is 0 Å². The number of likely N-dealkylation sites (N-methyl/N-ethyl adjacent to an activating group) is 1. The Kier molecular flexibility index (Phi) is 7.26. The summed E-state index contributed by atoms with van der Waals surface area (Å²) in [4.78, 5) is 26.4. The van der Waals surface area contributed by atoms with Crippen molar-refractivity contribution in [3.05, 3.63) is 77.0 Å². The molecule has 0 atom stereocenters. The van der Waals surface area contributed by atoms with Crippen molar-refractivity contribution in [2.75, 3.05) is 20.1 Å². The van der Waals surface area contributed by atoms with Crippen molar-refractivity contribution in [1.29, 1.82) is 0 Å². The van der Waals surface area contributed by atoms with Crippen LogP contribution in [0.15, 0.2) is 70.7 Å². The highest BCUT2D eigenvalue weighted by molar-refractivity contribution is 7.89. The minimum atomic E-state index is -3.73. The van der Waals surface area contributed by atoms with Crippen LogP contribution in [0.25, 0.3) is 5.69 Å². The maximum absolute atomic E-state index is 12.7. The summed E-state index contributed by atoms with van der Waals surface area (Å²) in [7, 11) is -2.10. The maximum atomic E-state index is 12.7. The van der Waals surface area contributed by atoms with E-state index in [-0.39, 0.29) is 17.3 Å². The summed E-state index contributed by atoms with van der Waals surface area (Å²) in [5.41, 5.74) is 1.29. The van der Waals surface area contributed by atoms with Crippen molar-refractivity contribution in [3.8, 4) is 5.69 Å². The number of carbonyl (C=O) groups excluding carboxylic acids is 1. The van der Waals surface area contributed by atoms with Crippen LogP contribution in [-0.4, -0.2) is 58.0 Å². The fraction of sp³-hybridized carbons (Fsp3) is 0.318. The van der Waals surface area contributed by atoms with E-state index in [2.05, 4.69) is 5.10 Å². The number of sulfonamides is 1. The minimum Gasteiger partial charge on any atom is -0.340 e.